The summed E-state index contributed by atoms with van der Waals surface area (Å²) in [6.07, 6.45) is -3.83. The summed E-state index contributed by atoms with van der Waals surface area (Å²) >= 11 is 0. The predicted molar refractivity (Wildman–Crippen MR) is 58.9 cm³/mol. The number of aliphatic carboxylic acids is 1. The maximum atomic E-state index is 12.4. The normalized spacial score (nSPS) is 13.5. The molecule has 0 fully saturated rings. The van der Waals surface area contributed by atoms with E-state index < -0.39 is 36.6 Å². The molecule has 0 aliphatic rings. The van der Waals surface area contributed by atoms with Crippen molar-refractivity contribution in [2.45, 2.75) is 45.8 Å². The number of rotatable bonds is 6. The van der Waals surface area contributed by atoms with Gasteiger partial charge in [-0.3, -0.25) is 9.59 Å². The van der Waals surface area contributed by atoms with Crippen LogP contribution in [0.2, 0.25) is 0 Å². The highest BCUT2D eigenvalue weighted by Crippen LogP contribution is 2.22. The first-order chi connectivity index (χ1) is 8.14. The van der Waals surface area contributed by atoms with Crippen LogP contribution in [0.1, 0.15) is 33.6 Å². The van der Waals surface area contributed by atoms with E-state index >= 15 is 0 Å². The molecule has 1 unspecified atom stereocenters. The highest BCUT2D eigenvalue weighted by molar-refractivity contribution is 5.96. The third kappa shape index (κ3) is 4.93. The summed E-state index contributed by atoms with van der Waals surface area (Å²) in [5.74, 6) is -3.88. The van der Waals surface area contributed by atoms with Crippen molar-refractivity contribution in [3.63, 3.8) is 0 Å². The second kappa shape index (κ2) is 6.61. The van der Waals surface area contributed by atoms with Crippen LogP contribution < -0.4 is 0 Å². The summed E-state index contributed by atoms with van der Waals surface area (Å²) in [5.41, 5.74) is 0. The first-order valence-corrected chi connectivity index (χ1v) is 5.74. The molecular formula is C11H18F3NO3. The van der Waals surface area contributed by atoms with Crippen LogP contribution in [0.15, 0.2) is 0 Å². The van der Waals surface area contributed by atoms with Crippen LogP contribution in [-0.2, 0) is 9.59 Å². The zero-order chi connectivity index (χ0) is 14.5. The van der Waals surface area contributed by atoms with Gasteiger partial charge >= 0.3 is 12.1 Å². The van der Waals surface area contributed by atoms with Crippen LogP contribution in [-0.4, -0.2) is 40.6 Å². The first-order valence-electron chi connectivity index (χ1n) is 5.74. The molecule has 0 saturated heterocycles. The quantitative estimate of drug-likeness (QED) is 0.753. The van der Waals surface area contributed by atoms with Gasteiger partial charge in [-0.15, -0.1) is 0 Å². The van der Waals surface area contributed by atoms with Crippen LogP contribution in [0.25, 0.3) is 0 Å². The van der Waals surface area contributed by atoms with Gasteiger partial charge in [0, 0.05) is 6.04 Å². The van der Waals surface area contributed by atoms with E-state index in [-0.39, 0.29) is 0 Å². The van der Waals surface area contributed by atoms with Gasteiger partial charge in [0.25, 0.3) is 0 Å². The number of nitrogens with zero attached hydrogens (tertiary/aromatic N) is 1. The molecule has 18 heavy (non-hydrogen) atoms. The smallest absolute Gasteiger partial charge is 0.406 e. The molecule has 0 heterocycles. The van der Waals surface area contributed by atoms with Crippen molar-refractivity contribution in [2.24, 2.45) is 5.92 Å². The molecule has 0 saturated carbocycles. The largest absolute Gasteiger partial charge is 0.481 e. The minimum atomic E-state index is -4.53. The number of carbonyl (C=O) groups excluding carboxylic acids is 1. The monoisotopic (exact) mass is 269 g/mol. The number of carboxylic acid groups (broad SMARTS) is 1. The molecule has 0 aliphatic heterocycles. The molecule has 0 aromatic rings. The van der Waals surface area contributed by atoms with Gasteiger partial charge in [0.15, 0.2) is 0 Å². The average molecular weight is 269 g/mol. The highest BCUT2D eigenvalue weighted by atomic mass is 19.4. The number of halogens is 3. The Morgan fingerprint density at radius 2 is 1.67 bits per heavy atom. The summed E-state index contributed by atoms with van der Waals surface area (Å²) in [4.78, 5) is 23.1. The Morgan fingerprint density at radius 3 is 1.94 bits per heavy atom. The van der Waals surface area contributed by atoms with Gasteiger partial charge in [-0.1, -0.05) is 13.8 Å². The minimum absolute atomic E-state index is 0.352. The fourth-order valence-corrected chi connectivity index (χ4v) is 1.66. The zero-order valence-electron chi connectivity index (χ0n) is 10.6. The number of alkyl halides is 3. The third-order valence-electron chi connectivity index (χ3n) is 2.76. The van der Waals surface area contributed by atoms with Gasteiger partial charge in [0.2, 0.25) is 5.91 Å². The van der Waals surface area contributed by atoms with Crippen LogP contribution in [0.3, 0.4) is 0 Å². The van der Waals surface area contributed by atoms with Crippen LogP contribution >= 0.6 is 0 Å². The molecule has 106 valence electrons. The summed E-state index contributed by atoms with van der Waals surface area (Å²) in [5, 5.41) is 8.70. The molecule has 0 bridgehead atoms. The highest BCUT2D eigenvalue weighted by Gasteiger charge is 2.38. The Morgan fingerprint density at radius 1 is 1.22 bits per heavy atom. The molecule has 0 rings (SSSR count). The van der Waals surface area contributed by atoms with Crippen molar-refractivity contribution in [3.8, 4) is 0 Å². The van der Waals surface area contributed by atoms with Crippen LogP contribution in [0.4, 0.5) is 13.2 Å². The maximum absolute atomic E-state index is 12.4. The van der Waals surface area contributed by atoms with Crippen LogP contribution in [0, 0.1) is 5.92 Å². The lowest BCUT2D eigenvalue weighted by Crippen LogP contribution is -2.48. The Labute approximate surface area is 104 Å². The lowest BCUT2D eigenvalue weighted by molar-refractivity contribution is -0.171. The molecule has 1 amide bonds. The Kier molecular flexibility index (Phi) is 6.14. The summed E-state index contributed by atoms with van der Waals surface area (Å²) in [6.45, 7) is 3.01. The van der Waals surface area contributed by atoms with Gasteiger partial charge in [-0.2, -0.15) is 13.2 Å². The van der Waals surface area contributed by atoms with Gasteiger partial charge in [0.1, 0.15) is 12.5 Å². The number of amides is 1. The van der Waals surface area contributed by atoms with E-state index in [0.29, 0.717) is 17.7 Å². The van der Waals surface area contributed by atoms with Gasteiger partial charge in [-0.25, -0.2) is 0 Å². The SMILES string of the molecule is CCC(CC)N(CC(F)(F)F)C(=O)C(C)C(=O)O. The van der Waals surface area contributed by atoms with Gasteiger partial charge < -0.3 is 10.0 Å². The van der Waals surface area contributed by atoms with Crippen molar-refractivity contribution >= 4 is 11.9 Å². The third-order valence-corrected chi connectivity index (χ3v) is 2.76. The molecule has 0 spiro atoms. The van der Waals surface area contributed by atoms with E-state index in [1.165, 1.54) is 0 Å². The second-order valence-electron chi connectivity index (χ2n) is 4.11. The van der Waals surface area contributed by atoms with Crippen molar-refractivity contribution < 1.29 is 27.9 Å². The maximum Gasteiger partial charge on any atom is 0.406 e. The number of hydrogen-bond acceptors (Lipinski definition) is 2. The molecule has 0 aliphatic carbocycles. The number of carboxylic acids is 1. The molecular weight excluding hydrogens is 251 g/mol. The standard InChI is InChI=1S/C11H18F3NO3/c1-4-8(5-2)15(6-11(12,13)14)9(16)7(3)10(17)18/h7-8H,4-6H2,1-3H3,(H,17,18). The van der Waals surface area contributed by atoms with E-state index in [2.05, 4.69) is 0 Å². The summed E-state index contributed by atoms with van der Waals surface area (Å²) in [6, 6.07) is -0.596. The molecule has 0 radical (unpaired) electrons. The minimum Gasteiger partial charge on any atom is -0.481 e. The first kappa shape index (κ1) is 16.7. The number of carbonyl (C=O) groups is 2. The van der Waals surface area contributed by atoms with Gasteiger partial charge in [0.05, 0.1) is 0 Å². The van der Waals surface area contributed by atoms with Crippen molar-refractivity contribution in [2.75, 3.05) is 6.54 Å². The van der Waals surface area contributed by atoms with Crippen molar-refractivity contribution in [1.82, 2.24) is 4.90 Å². The van der Waals surface area contributed by atoms with E-state index in [1.54, 1.807) is 13.8 Å². The topological polar surface area (TPSA) is 57.6 Å². The Hall–Kier alpha value is -1.27. The van der Waals surface area contributed by atoms with E-state index in [1.807, 2.05) is 0 Å². The fourth-order valence-electron chi connectivity index (χ4n) is 1.66. The summed E-state index contributed by atoms with van der Waals surface area (Å²) in [7, 11) is 0. The van der Waals surface area contributed by atoms with Gasteiger partial charge in [-0.05, 0) is 19.8 Å². The predicted octanol–water partition coefficient (Wildman–Crippen LogP) is 2.29. The fraction of sp³-hybridized carbons (Fsp3) is 0.818. The zero-order valence-corrected chi connectivity index (χ0v) is 10.6. The van der Waals surface area contributed by atoms with E-state index in [0.717, 1.165) is 6.92 Å². The lowest BCUT2D eigenvalue weighted by Gasteiger charge is -2.32. The average Bonchev–Trinajstić information content (AvgIpc) is 2.25. The Bertz CT molecular complexity index is 300. The van der Waals surface area contributed by atoms with Crippen molar-refractivity contribution in [1.29, 1.82) is 0 Å². The molecule has 7 heteroatoms. The molecule has 0 aromatic heterocycles. The number of hydrogen-bond donors (Lipinski definition) is 1. The molecule has 1 N–H and O–H groups in total. The summed E-state index contributed by atoms with van der Waals surface area (Å²) < 4.78 is 37.3. The van der Waals surface area contributed by atoms with Crippen LogP contribution in [0.5, 0.6) is 0 Å². The Balaban J connectivity index is 5.08. The van der Waals surface area contributed by atoms with Crippen molar-refractivity contribution in [3.05, 3.63) is 0 Å². The van der Waals surface area contributed by atoms with E-state index in [9.17, 15) is 22.8 Å². The molecule has 0 aromatic carbocycles. The lowest BCUT2D eigenvalue weighted by atomic mass is 10.1. The second-order valence-corrected chi connectivity index (χ2v) is 4.11. The molecule has 1 atom stereocenters. The van der Waals surface area contributed by atoms with E-state index in [4.69, 9.17) is 5.11 Å². The molecule has 4 nitrogen and oxygen atoms in total.